The van der Waals surface area contributed by atoms with Crippen molar-refractivity contribution in [1.29, 1.82) is 0 Å². The van der Waals surface area contributed by atoms with E-state index in [1.54, 1.807) is 11.8 Å². The summed E-state index contributed by atoms with van der Waals surface area (Å²) in [5, 5.41) is 9.32. The van der Waals surface area contributed by atoms with Crippen LogP contribution in [0, 0.1) is 30.5 Å². The van der Waals surface area contributed by atoms with Crippen LogP contribution in [0.15, 0.2) is 18.2 Å². The Hall–Kier alpha value is -1.91. The fraction of sp³-hybridized carbons (Fsp3) is 0.500. The number of nitrogens with zero attached hydrogens (tertiary/aromatic N) is 1. The molecule has 1 amide bonds. The van der Waals surface area contributed by atoms with Gasteiger partial charge in [0.2, 0.25) is 0 Å². The van der Waals surface area contributed by atoms with Crippen molar-refractivity contribution < 1.29 is 19.1 Å². The highest BCUT2D eigenvalue weighted by molar-refractivity contribution is 5.95. The first kappa shape index (κ1) is 14.0. The molecule has 112 valence electrons. The van der Waals surface area contributed by atoms with Crippen molar-refractivity contribution in [2.75, 3.05) is 13.1 Å². The summed E-state index contributed by atoms with van der Waals surface area (Å²) in [6.07, 6.45) is 2.12. The fourth-order valence-electron chi connectivity index (χ4n) is 3.22. The van der Waals surface area contributed by atoms with Gasteiger partial charge < -0.3 is 10.0 Å². The van der Waals surface area contributed by atoms with E-state index in [-0.39, 0.29) is 24.2 Å². The molecule has 5 heteroatoms. The van der Waals surface area contributed by atoms with Crippen molar-refractivity contribution in [2.45, 2.75) is 19.8 Å². The van der Waals surface area contributed by atoms with Crippen LogP contribution in [0.4, 0.5) is 4.39 Å². The summed E-state index contributed by atoms with van der Waals surface area (Å²) in [6, 6.07) is 4.27. The highest BCUT2D eigenvalue weighted by atomic mass is 19.1. The van der Waals surface area contributed by atoms with Crippen LogP contribution in [0.1, 0.15) is 28.8 Å². The highest BCUT2D eigenvalue weighted by Gasteiger charge is 2.46. The van der Waals surface area contributed by atoms with Crippen LogP contribution in [0.3, 0.4) is 0 Å². The Morgan fingerprint density at radius 2 is 2.00 bits per heavy atom. The van der Waals surface area contributed by atoms with Crippen LogP contribution in [-0.4, -0.2) is 35.0 Å². The van der Waals surface area contributed by atoms with E-state index in [2.05, 4.69) is 0 Å². The number of rotatable bonds is 3. The Morgan fingerprint density at radius 1 is 1.29 bits per heavy atom. The quantitative estimate of drug-likeness (QED) is 0.929. The second kappa shape index (κ2) is 5.13. The second-order valence-electron chi connectivity index (χ2n) is 6.12. The van der Waals surface area contributed by atoms with Gasteiger partial charge in [0.1, 0.15) is 5.82 Å². The molecule has 1 aromatic carbocycles. The average Bonchev–Trinajstić information content (AvgIpc) is 3.19. The van der Waals surface area contributed by atoms with Gasteiger partial charge in [0.15, 0.2) is 0 Å². The molecule has 0 bridgehead atoms. The molecule has 1 heterocycles. The van der Waals surface area contributed by atoms with Gasteiger partial charge in [0, 0.05) is 18.7 Å². The standard InChI is InChI=1S/C16H18FNO3/c1-9-6-11(4-5-14(9)17)15(19)18-7-12(10-2-3-10)13(8-18)16(20)21/h4-6,10,12-13H,2-3,7-8H2,1H3,(H,20,21)/t12-,13+/m1/s1. The van der Waals surface area contributed by atoms with Crippen molar-refractivity contribution in [1.82, 2.24) is 4.90 Å². The number of carbonyl (C=O) groups excluding carboxylic acids is 1. The highest BCUT2D eigenvalue weighted by Crippen LogP contribution is 2.44. The molecule has 2 atom stereocenters. The Bertz CT molecular complexity index is 597. The van der Waals surface area contributed by atoms with Gasteiger partial charge >= 0.3 is 5.97 Å². The molecule has 2 fully saturated rings. The zero-order valence-electron chi connectivity index (χ0n) is 11.9. The van der Waals surface area contributed by atoms with E-state index in [4.69, 9.17) is 0 Å². The van der Waals surface area contributed by atoms with E-state index in [1.807, 2.05) is 0 Å². The summed E-state index contributed by atoms with van der Waals surface area (Å²) in [4.78, 5) is 25.4. The molecular weight excluding hydrogens is 273 g/mol. The molecule has 4 nitrogen and oxygen atoms in total. The maximum atomic E-state index is 13.3. The largest absolute Gasteiger partial charge is 0.481 e. The minimum atomic E-state index is -0.822. The second-order valence-corrected chi connectivity index (χ2v) is 6.12. The number of carboxylic acid groups (broad SMARTS) is 1. The zero-order valence-corrected chi connectivity index (χ0v) is 11.9. The zero-order chi connectivity index (χ0) is 15.1. The van der Waals surface area contributed by atoms with Crippen LogP contribution >= 0.6 is 0 Å². The predicted molar refractivity (Wildman–Crippen MR) is 74.4 cm³/mol. The number of hydrogen-bond donors (Lipinski definition) is 1. The summed E-state index contributed by atoms with van der Waals surface area (Å²) < 4.78 is 13.3. The third-order valence-electron chi connectivity index (χ3n) is 4.60. The molecule has 1 aliphatic carbocycles. The molecule has 3 rings (SSSR count). The fourth-order valence-corrected chi connectivity index (χ4v) is 3.22. The Morgan fingerprint density at radius 3 is 2.57 bits per heavy atom. The molecule has 0 spiro atoms. The monoisotopic (exact) mass is 291 g/mol. The third kappa shape index (κ3) is 2.64. The molecule has 0 radical (unpaired) electrons. The van der Waals surface area contributed by atoms with Gasteiger partial charge in [0.25, 0.3) is 5.91 Å². The number of aryl methyl sites for hydroxylation is 1. The third-order valence-corrected chi connectivity index (χ3v) is 4.60. The number of aliphatic carboxylic acids is 1. The van der Waals surface area contributed by atoms with Crippen molar-refractivity contribution >= 4 is 11.9 Å². The first-order valence-electron chi connectivity index (χ1n) is 7.25. The van der Waals surface area contributed by atoms with Crippen LogP contribution in [0.2, 0.25) is 0 Å². The molecule has 1 saturated carbocycles. The SMILES string of the molecule is Cc1cc(C(=O)N2C[C@H](C(=O)O)[C@@H](C3CC3)C2)ccc1F. The lowest BCUT2D eigenvalue weighted by Crippen LogP contribution is -2.30. The van der Waals surface area contributed by atoms with Crippen LogP contribution in [0.5, 0.6) is 0 Å². The van der Waals surface area contributed by atoms with E-state index in [0.29, 0.717) is 23.6 Å². The average molecular weight is 291 g/mol. The van der Waals surface area contributed by atoms with Crippen molar-refractivity contribution in [2.24, 2.45) is 17.8 Å². The molecule has 0 unspecified atom stereocenters. The Labute approximate surface area is 122 Å². The summed E-state index contributed by atoms with van der Waals surface area (Å²) in [5.41, 5.74) is 0.850. The summed E-state index contributed by atoms with van der Waals surface area (Å²) in [7, 11) is 0. The summed E-state index contributed by atoms with van der Waals surface area (Å²) in [5.74, 6) is -1.33. The van der Waals surface area contributed by atoms with Crippen LogP contribution < -0.4 is 0 Å². The van der Waals surface area contributed by atoms with Crippen LogP contribution in [0.25, 0.3) is 0 Å². The maximum absolute atomic E-state index is 13.3. The van der Waals surface area contributed by atoms with Gasteiger partial charge in [-0.3, -0.25) is 9.59 Å². The molecule has 2 aliphatic rings. The Kier molecular flexibility index (Phi) is 3.43. The van der Waals surface area contributed by atoms with Crippen molar-refractivity contribution in [3.63, 3.8) is 0 Å². The van der Waals surface area contributed by atoms with Gasteiger partial charge in [-0.25, -0.2) is 4.39 Å². The van der Waals surface area contributed by atoms with Gasteiger partial charge in [-0.15, -0.1) is 0 Å². The van der Waals surface area contributed by atoms with Crippen molar-refractivity contribution in [3.05, 3.63) is 35.1 Å². The lowest BCUT2D eigenvalue weighted by molar-refractivity contribution is -0.142. The minimum Gasteiger partial charge on any atom is -0.481 e. The lowest BCUT2D eigenvalue weighted by atomic mass is 9.92. The van der Waals surface area contributed by atoms with Gasteiger partial charge in [-0.2, -0.15) is 0 Å². The molecule has 1 aromatic rings. The predicted octanol–water partition coefficient (Wildman–Crippen LogP) is 2.32. The number of carboxylic acids is 1. The maximum Gasteiger partial charge on any atom is 0.308 e. The number of likely N-dealkylation sites (tertiary alicyclic amines) is 1. The summed E-state index contributed by atoms with van der Waals surface area (Å²) >= 11 is 0. The first-order chi connectivity index (χ1) is 9.97. The Balaban J connectivity index is 1.78. The molecule has 1 saturated heterocycles. The molecular formula is C16H18FNO3. The number of hydrogen-bond acceptors (Lipinski definition) is 2. The van der Waals surface area contributed by atoms with Gasteiger partial charge in [-0.1, -0.05) is 0 Å². The van der Waals surface area contributed by atoms with E-state index in [0.717, 1.165) is 12.8 Å². The van der Waals surface area contributed by atoms with E-state index < -0.39 is 11.9 Å². The van der Waals surface area contributed by atoms with Gasteiger partial charge in [0.05, 0.1) is 5.92 Å². The first-order valence-corrected chi connectivity index (χ1v) is 7.25. The lowest BCUT2D eigenvalue weighted by Gasteiger charge is -2.16. The number of halogens is 1. The number of amides is 1. The molecule has 0 aromatic heterocycles. The topological polar surface area (TPSA) is 57.6 Å². The summed E-state index contributed by atoms with van der Waals surface area (Å²) in [6.45, 7) is 2.37. The normalized spacial score (nSPS) is 25.1. The van der Waals surface area contributed by atoms with E-state index in [1.165, 1.54) is 18.2 Å². The number of benzene rings is 1. The smallest absolute Gasteiger partial charge is 0.308 e. The minimum absolute atomic E-state index is 0.0630. The van der Waals surface area contributed by atoms with E-state index in [9.17, 15) is 19.1 Å². The van der Waals surface area contributed by atoms with E-state index >= 15 is 0 Å². The molecule has 1 aliphatic heterocycles. The molecule has 1 N–H and O–H groups in total. The molecule has 21 heavy (non-hydrogen) atoms. The number of carbonyl (C=O) groups is 2. The van der Waals surface area contributed by atoms with Crippen LogP contribution in [-0.2, 0) is 4.79 Å². The van der Waals surface area contributed by atoms with Crippen molar-refractivity contribution in [3.8, 4) is 0 Å². The van der Waals surface area contributed by atoms with Gasteiger partial charge in [-0.05, 0) is 55.4 Å².